The summed E-state index contributed by atoms with van der Waals surface area (Å²) in [6.45, 7) is 4.78. The molecule has 98 valence electrons. The zero-order valence-electron chi connectivity index (χ0n) is 11.1. The maximum Gasteiger partial charge on any atom is 0.293 e. The van der Waals surface area contributed by atoms with Crippen LogP contribution in [0, 0.1) is 0 Å². The van der Waals surface area contributed by atoms with E-state index in [1.54, 1.807) is 17.0 Å². The van der Waals surface area contributed by atoms with Crippen LogP contribution in [0.4, 0.5) is 5.82 Å². The third-order valence-corrected chi connectivity index (χ3v) is 3.30. The average molecular weight is 247 g/mol. The van der Waals surface area contributed by atoms with Crippen molar-refractivity contribution < 1.29 is 0 Å². The lowest BCUT2D eigenvalue weighted by Gasteiger charge is -2.11. The summed E-state index contributed by atoms with van der Waals surface area (Å²) in [6, 6.07) is 0.165. The lowest BCUT2D eigenvalue weighted by molar-refractivity contribution is 0.575. The number of allylic oxidation sites excluding steroid dienone is 1. The van der Waals surface area contributed by atoms with Crippen LogP contribution in [0.25, 0.3) is 0 Å². The van der Waals surface area contributed by atoms with Crippen LogP contribution in [0.3, 0.4) is 0 Å². The number of nitrogens with zero attached hydrogens (tertiary/aromatic N) is 2. The molecular weight excluding hydrogens is 226 g/mol. The van der Waals surface area contributed by atoms with Gasteiger partial charge in [-0.25, -0.2) is 4.98 Å². The Kier molecular flexibility index (Phi) is 4.18. The van der Waals surface area contributed by atoms with Crippen LogP contribution >= 0.6 is 0 Å². The Morgan fingerprint density at radius 1 is 1.50 bits per heavy atom. The van der Waals surface area contributed by atoms with Gasteiger partial charge < -0.3 is 9.88 Å². The van der Waals surface area contributed by atoms with E-state index >= 15 is 0 Å². The second-order valence-corrected chi connectivity index (χ2v) is 5.01. The molecule has 0 aromatic carbocycles. The maximum absolute atomic E-state index is 12.1. The molecule has 4 heteroatoms. The van der Waals surface area contributed by atoms with Gasteiger partial charge in [0.25, 0.3) is 5.56 Å². The highest BCUT2D eigenvalue weighted by Gasteiger charge is 2.08. The second kappa shape index (κ2) is 5.85. The number of nitrogens with one attached hydrogen (secondary N) is 1. The SMILES string of the molecule is CC(C)n1ccnc(NCCC2=CCCC2)c1=O. The highest BCUT2D eigenvalue weighted by atomic mass is 16.1. The van der Waals surface area contributed by atoms with Gasteiger partial charge in [0, 0.05) is 25.0 Å². The minimum Gasteiger partial charge on any atom is -0.365 e. The number of rotatable bonds is 5. The maximum atomic E-state index is 12.1. The highest BCUT2D eigenvalue weighted by Crippen LogP contribution is 2.20. The lowest BCUT2D eigenvalue weighted by Crippen LogP contribution is -2.25. The fourth-order valence-corrected chi connectivity index (χ4v) is 2.26. The Labute approximate surface area is 108 Å². The van der Waals surface area contributed by atoms with Crippen molar-refractivity contribution in [1.29, 1.82) is 0 Å². The summed E-state index contributed by atoms with van der Waals surface area (Å²) in [6.07, 6.45) is 10.4. The summed E-state index contributed by atoms with van der Waals surface area (Å²) in [5, 5.41) is 3.15. The summed E-state index contributed by atoms with van der Waals surface area (Å²) in [4.78, 5) is 16.2. The molecule has 0 saturated heterocycles. The Bertz CT molecular complexity index is 488. The molecule has 0 fully saturated rings. The predicted octanol–water partition coefficient (Wildman–Crippen LogP) is 2.74. The van der Waals surface area contributed by atoms with Gasteiger partial charge in [-0.3, -0.25) is 4.79 Å². The minimum atomic E-state index is -0.0344. The zero-order chi connectivity index (χ0) is 13.0. The van der Waals surface area contributed by atoms with Crippen LogP contribution in [0.2, 0.25) is 0 Å². The largest absolute Gasteiger partial charge is 0.365 e. The average Bonchev–Trinajstić information content (AvgIpc) is 2.84. The molecule has 2 rings (SSSR count). The van der Waals surface area contributed by atoms with E-state index < -0.39 is 0 Å². The number of aromatic nitrogens is 2. The van der Waals surface area contributed by atoms with Crippen molar-refractivity contribution in [3.05, 3.63) is 34.4 Å². The van der Waals surface area contributed by atoms with Crippen molar-refractivity contribution in [2.75, 3.05) is 11.9 Å². The normalized spacial score (nSPS) is 14.9. The van der Waals surface area contributed by atoms with Crippen LogP contribution in [0.1, 0.15) is 45.6 Å². The molecule has 1 aliphatic rings. The van der Waals surface area contributed by atoms with Gasteiger partial charge in [-0.1, -0.05) is 11.6 Å². The van der Waals surface area contributed by atoms with Gasteiger partial charge in [0.05, 0.1) is 0 Å². The smallest absolute Gasteiger partial charge is 0.293 e. The molecule has 0 spiro atoms. The Balaban J connectivity index is 1.97. The Hall–Kier alpha value is -1.58. The predicted molar refractivity (Wildman–Crippen MR) is 73.9 cm³/mol. The van der Waals surface area contributed by atoms with Crippen molar-refractivity contribution >= 4 is 5.82 Å². The first-order valence-corrected chi connectivity index (χ1v) is 6.67. The number of anilines is 1. The van der Waals surface area contributed by atoms with Crippen LogP contribution in [-0.2, 0) is 0 Å². The van der Waals surface area contributed by atoms with Crippen LogP contribution in [0.5, 0.6) is 0 Å². The van der Waals surface area contributed by atoms with Gasteiger partial charge in [0.15, 0.2) is 5.82 Å². The first-order valence-electron chi connectivity index (χ1n) is 6.67. The summed E-state index contributed by atoms with van der Waals surface area (Å²) < 4.78 is 1.70. The van der Waals surface area contributed by atoms with E-state index in [1.165, 1.54) is 24.8 Å². The molecule has 1 aliphatic carbocycles. The monoisotopic (exact) mass is 247 g/mol. The van der Waals surface area contributed by atoms with E-state index in [9.17, 15) is 4.79 Å². The topological polar surface area (TPSA) is 46.9 Å². The van der Waals surface area contributed by atoms with E-state index in [1.807, 2.05) is 13.8 Å². The van der Waals surface area contributed by atoms with Crippen molar-refractivity contribution in [2.24, 2.45) is 0 Å². The molecule has 0 unspecified atom stereocenters. The molecule has 0 radical (unpaired) electrons. The fraction of sp³-hybridized carbons (Fsp3) is 0.571. The quantitative estimate of drug-likeness (QED) is 0.814. The van der Waals surface area contributed by atoms with E-state index in [0.717, 1.165) is 13.0 Å². The second-order valence-electron chi connectivity index (χ2n) is 5.01. The van der Waals surface area contributed by atoms with Gasteiger partial charge in [-0.05, 0) is 39.5 Å². The van der Waals surface area contributed by atoms with Gasteiger partial charge >= 0.3 is 0 Å². The molecule has 0 amide bonds. The molecule has 1 heterocycles. The molecule has 0 atom stereocenters. The highest BCUT2D eigenvalue weighted by molar-refractivity contribution is 5.31. The first kappa shape index (κ1) is 12.9. The molecule has 4 nitrogen and oxygen atoms in total. The van der Waals surface area contributed by atoms with Gasteiger partial charge in [-0.15, -0.1) is 0 Å². The number of hydrogen-bond acceptors (Lipinski definition) is 3. The summed E-state index contributed by atoms with van der Waals surface area (Å²) >= 11 is 0. The van der Waals surface area contributed by atoms with Crippen LogP contribution in [0.15, 0.2) is 28.8 Å². The number of hydrogen-bond donors (Lipinski definition) is 1. The first-order chi connectivity index (χ1) is 8.68. The van der Waals surface area contributed by atoms with Crippen molar-refractivity contribution in [1.82, 2.24) is 9.55 Å². The summed E-state index contributed by atoms with van der Waals surface area (Å²) in [5.41, 5.74) is 1.47. The minimum absolute atomic E-state index is 0.0344. The van der Waals surface area contributed by atoms with E-state index in [2.05, 4.69) is 16.4 Å². The van der Waals surface area contributed by atoms with Crippen molar-refractivity contribution in [3.8, 4) is 0 Å². The van der Waals surface area contributed by atoms with E-state index in [4.69, 9.17) is 0 Å². The van der Waals surface area contributed by atoms with Crippen molar-refractivity contribution in [3.63, 3.8) is 0 Å². The Morgan fingerprint density at radius 2 is 2.33 bits per heavy atom. The fourth-order valence-electron chi connectivity index (χ4n) is 2.26. The van der Waals surface area contributed by atoms with Gasteiger partial charge in [-0.2, -0.15) is 0 Å². The molecule has 0 saturated carbocycles. The molecular formula is C14H21N3O. The molecule has 0 aliphatic heterocycles. The molecule has 1 N–H and O–H groups in total. The third kappa shape index (κ3) is 3.00. The Morgan fingerprint density at radius 3 is 3.00 bits per heavy atom. The molecule has 1 aromatic rings. The van der Waals surface area contributed by atoms with Gasteiger partial charge in [0.1, 0.15) is 0 Å². The molecule has 18 heavy (non-hydrogen) atoms. The zero-order valence-corrected chi connectivity index (χ0v) is 11.1. The lowest BCUT2D eigenvalue weighted by atomic mass is 10.2. The molecule has 1 aromatic heterocycles. The van der Waals surface area contributed by atoms with E-state index in [-0.39, 0.29) is 11.6 Å². The third-order valence-electron chi connectivity index (χ3n) is 3.30. The molecule has 0 bridgehead atoms. The van der Waals surface area contributed by atoms with Crippen LogP contribution in [-0.4, -0.2) is 16.1 Å². The standard InChI is InChI=1S/C14H21N3O/c1-11(2)17-10-9-16-13(14(17)18)15-8-7-12-5-3-4-6-12/h5,9-11H,3-4,6-8H2,1-2H3,(H,15,16). The van der Waals surface area contributed by atoms with Gasteiger partial charge in [0.2, 0.25) is 0 Å². The van der Waals surface area contributed by atoms with E-state index in [0.29, 0.717) is 5.82 Å². The summed E-state index contributed by atoms with van der Waals surface area (Å²) in [7, 11) is 0. The van der Waals surface area contributed by atoms with Crippen molar-refractivity contribution in [2.45, 2.75) is 45.6 Å². The summed E-state index contributed by atoms with van der Waals surface area (Å²) in [5.74, 6) is 0.463. The van der Waals surface area contributed by atoms with Crippen LogP contribution < -0.4 is 10.9 Å².